The van der Waals surface area contributed by atoms with Crippen LogP contribution in [-0.2, 0) is 16.0 Å². The van der Waals surface area contributed by atoms with Gasteiger partial charge in [-0.3, -0.25) is 9.59 Å². The molecule has 0 radical (unpaired) electrons. The molecule has 5 heteroatoms. The van der Waals surface area contributed by atoms with E-state index in [9.17, 15) is 9.59 Å². The van der Waals surface area contributed by atoms with E-state index in [0.717, 1.165) is 24.1 Å². The van der Waals surface area contributed by atoms with Gasteiger partial charge < -0.3 is 0 Å². The minimum Gasteiger partial charge on any atom is -0.268 e. The number of amides is 2. The lowest BCUT2D eigenvalue weighted by Crippen LogP contribution is -2.31. The zero-order valence-corrected chi connectivity index (χ0v) is 17.0. The van der Waals surface area contributed by atoms with Gasteiger partial charge in [-0.15, -0.1) is 23.1 Å². The minimum atomic E-state index is -0.220. The second-order valence-electron chi connectivity index (χ2n) is 6.56. The molecule has 0 fully saturated rings. The van der Waals surface area contributed by atoms with E-state index in [1.54, 1.807) is 0 Å². The number of imide groups is 1. The lowest BCUT2D eigenvalue weighted by atomic mass is 10.1. The molecule has 26 heavy (non-hydrogen) atoms. The molecule has 0 saturated heterocycles. The first kappa shape index (κ1) is 18.9. The van der Waals surface area contributed by atoms with Gasteiger partial charge in [-0.25, -0.2) is 4.90 Å². The van der Waals surface area contributed by atoms with Gasteiger partial charge in [0.25, 0.3) is 11.8 Å². The molecule has 1 aliphatic heterocycles. The van der Waals surface area contributed by atoms with Crippen molar-refractivity contribution in [3.8, 4) is 0 Å². The Balaban J connectivity index is 1.93. The van der Waals surface area contributed by atoms with Crippen molar-refractivity contribution < 1.29 is 9.59 Å². The molecule has 0 bridgehead atoms. The van der Waals surface area contributed by atoms with Crippen LogP contribution in [0.3, 0.4) is 0 Å². The molecule has 0 saturated carbocycles. The second kappa shape index (κ2) is 8.23. The quantitative estimate of drug-likeness (QED) is 0.589. The first-order valence-electron chi connectivity index (χ1n) is 8.95. The van der Waals surface area contributed by atoms with Crippen LogP contribution in [0.15, 0.2) is 46.7 Å². The van der Waals surface area contributed by atoms with Gasteiger partial charge in [0.2, 0.25) is 0 Å². The van der Waals surface area contributed by atoms with Gasteiger partial charge in [0, 0.05) is 10.1 Å². The molecule has 1 aliphatic rings. The summed E-state index contributed by atoms with van der Waals surface area (Å²) in [5, 5.41) is 2.16. The molecular weight excluding hydrogens is 362 g/mol. The highest BCUT2D eigenvalue weighted by Crippen LogP contribution is 2.41. The van der Waals surface area contributed by atoms with Gasteiger partial charge in [0.1, 0.15) is 0 Å². The fraction of sp³-hybridized carbons (Fsp3) is 0.333. The van der Waals surface area contributed by atoms with E-state index in [0.29, 0.717) is 16.2 Å². The highest BCUT2D eigenvalue weighted by atomic mass is 32.2. The summed E-state index contributed by atoms with van der Waals surface area (Å²) in [5.74, 6) is -0.430. The summed E-state index contributed by atoms with van der Waals surface area (Å²) in [6.45, 7) is 6.24. The van der Waals surface area contributed by atoms with Crippen LogP contribution in [0, 0.1) is 0 Å². The topological polar surface area (TPSA) is 37.4 Å². The summed E-state index contributed by atoms with van der Waals surface area (Å²) < 4.78 is 0. The van der Waals surface area contributed by atoms with E-state index in [1.807, 2.05) is 55.6 Å². The van der Waals surface area contributed by atoms with Gasteiger partial charge in [-0.05, 0) is 42.0 Å². The Labute approximate surface area is 163 Å². The van der Waals surface area contributed by atoms with E-state index >= 15 is 0 Å². The summed E-state index contributed by atoms with van der Waals surface area (Å²) in [6, 6.07) is 11.6. The molecular formula is C21H23NO2S2. The number of unbranched alkanes of at least 4 members (excludes halogenated alkanes) is 1. The number of aryl methyl sites for hydroxylation is 1. The highest BCUT2D eigenvalue weighted by Gasteiger charge is 2.40. The SMILES string of the molecule is CCCCc1ccc(N2C(=O)C(SC(C)C)=C(c3cccs3)C2=O)cc1. The first-order valence-corrected chi connectivity index (χ1v) is 10.7. The van der Waals surface area contributed by atoms with E-state index in [2.05, 4.69) is 6.92 Å². The average Bonchev–Trinajstić information content (AvgIpc) is 3.21. The third-order valence-electron chi connectivity index (χ3n) is 4.18. The molecule has 3 rings (SSSR count). The fourth-order valence-electron chi connectivity index (χ4n) is 2.92. The number of thiophene rings is 1. The number of hydrogen-bond acceptors (Lipinski definition) is 4. The van der Waals surface area contributed by atoms with E-state index < -0.39 is 0 Å². The fourth-order valence-corrected chi connectivity index (χ4v) is 4.73. The van der Waals surface area contributed by atoms with Crippen molar-refractivity contribution in [2.75, 3.05) is 4.90 Å². The molecule has 0 unspecified atom stereocenters. The number of nitrogens with zero attached hydrogens (tertiary/aromatic N) is 1. The van der Waals surface area contributed by atoms with Crippen molar-refractivity contribution in [3.63, 3.8) is 0 Å². The molecule has 1 aromatic heterocycles. The summed E-state index contributed by atoms with van der Waals surface area (Å²) in [7, 11) is 0. The number of hydrogen-bond donors (Lipinski definition) is 0. The third kappa shape index (κ3) is 3.79. The Hall–Kier alpha value is -1.85. The van der Waals surface area contributed by atoms with Crippen LogP contribution in [0.5, 0.6) is 0 Å². The smallest absolute Gasteiger partial charge is 0.268 e. The van der Waals surface area contributed by atoms with Gasteiger partial charge >= 0.3 is 0 Å². The Bertz CT molecular complexity index is 820. The maximum atomic E-state index is 13.1. The van der Waals surface area contributed by atoms with Crippen molar-refractivity contribution in [1.29, 1.82) is 0 Å². The van der Waals surface area contributed by atoms with Crippen LogP contribution in [-0.4, -0.2) is 17.1 Å². The Kier molecular flexibility index (Phi) is 5.99. The number of thioether (sulfide) groups is 1. The molecule has 2 heterocycles. The number of rotatable bonds is 7. The van der Waals surface area contributed by atoms with Crippen molar-refractivity contribution in [3.05, 3.63) is 57.1 Å². The van der Waals surface area contributed by atoms with Crippen LogP contribution < -0.4 is 4.90 Å². The summed E-state index contributed by atoms with van der Waals surface area (Å²) >= 11 is 2.96. The molecule has 0 spiro atoms. The van der Waals surface area contributed by atoms with Crippen LogP contribution in [0.1, 0.15) is 44.1 Å². The van der Waals surface area contributed by atoms with E-state index in [-0.39, 0.29) is 17.1 Å². The second-order valence-corrected chi connectivity index (χ2v) is 9.10. The van der Waals surface area contributed by atoms with E-state index in [1.165, 1.54) is 33.6 Å². The highest BCUT2D eigenvalue weighted by molar-refractivity contribution is 8.04. The Morgan fingerprint density at radius 2 is 1.81 bits per heavy atom. The van der Waals surface area contributed by atoms with Gasteiger partial charge in [-0.1, -0.05) is 45.4 Å². The number of benzene rings is 1. The number of anilines is 1. The maximum Gasteiger partial charge on any atom is 0.272 e. The monoisotopic (exact) mass is 385 g/mol. The average molecular weight is 386 g/mol. The first-order chi connectivity index (χ1) is 12.5. The summed E-state index contributed by atoms with van der Waals surface area (Å²) in [4.78, 5) is 28.9. The lowest BCUT2D eigenvalue weighted by Gasteiger charge is -2.16. The Morgan fingerprint density at radius 3 is 2.38 bits per heavy atom. The van der Waals surface area contributed by atoms with Crippen molar-refractivity contribution in [2.24, 2.45) is 0 Å². The third-order valence-corrected chi connectivity index (χ3v) is 6.15. The summed E-state index contributed by atoms with van der Waals surface area (Å²) in [5.41, 5.74) is 2.42. The molecule has 136 valence electrons. The molecule has 2 amide bonds. The largest absolute Gasteiger partial charge is 0.272 e. The van der Waals surface area contributed by atoms with Crippen molar-refractivity contribution in [1.82, 2.24) is 0 Å². The molecule has 0 N–H and O–H groups in total. The summed E-state index contributed by atoms with van der Waals surface area (Å²) in [6.07, 6.45) is 3.31. The normalized spacial score (nSPS) is 14.8. The standard InChI is InChI=1S/C21H23NO2S2/c1-4-5-7-15-9-11-16(12-10-15)22-20(23)18(17-8-6-13-25-17)19(21(22)24)26-14(2)3/h6,8-14H,4-5,7H2,1-3H3. The predicted octanol–water partition coefficient (Wildman–Crippen LogP) is 5.52. The van der Waals surface area contributed by atoms with Crippen LogP contribution in [0.4, 0.5) is 5.69 Å². The zero-order valence-electron chi connectivity index (χ0n) is 15.3. The molecule has 3 nitrogen and oxygen atoms in total. The molecule has 0 aliphatic carbocycles. The zero-order chi connectivity index (χ0) is 18.7. The van der Waals surface area contributed by atoms with Gasteiger partial charge in [-0.2, -0.15) is 0 Å². The molecule has 0 atom stereocenters. The number of carbonyl (C=O) groups excluding carboxylic acids is 2. The van der Waals surface area contributed by atoms with Crippen LogP contribution in [0.25, 0.3) is 5.57 Å². The van der Waals surface area contributed by atoms with Crippen LogP contribution >= 0.6 is 23.1 Å². The minimum absolute atomic E-state index is 0.210. The van der Waals surface area contributed by atoms with Crippen LogP contribution in [0.2, 0.25) is 0 Å². The molecule has 1 aromatic carbocycles. The van der Waals surface area contributed by atoms with Gasteiger partial charge in [0.05, 0.1) is 16.2 Å². The number of carbonyl (C=O) groups is 2. The van der Waals surface area contributed by atoms with Crippen molar-refractivity contribution >= 4 is 46.2 Å². The van der Waals surface area contributed by atoms with Gasteiger partial charge in [0.15, 0.2) is 0 Å². The van der Waals surface area contributed by atoms with E-state index in [4.69, 9.17) is 0 Å². The lowest BCUT2D eigenvalue weighted by molar-refractivity contribution is -0.119. The predicted molar refractivity (Wildman–Crippen MR) is 112 cm³/mol. The van der Waals surface area contributed by atoms with Crippen molar-refractivity contribution in [2.45, 2.75) is 45.3 Å². The maximum absolute atomic E-state index is 13.1. The molecule has 2 aromatic rings. The Morgan fingerprint density at radius 1 is 1.08 bits per heavy atom.